The van der Waals surface area contributed by atoms with Crippen molar-refractivity contribution >= 4 is 17.8 Å². The molecule has 2 aromatic carbocycles. The lowest BCUT2D eigenvalue weighted by Crippen LogP contribution is -2.41. The summed E-state index contributed by atoms with van der Waals surface area (Å²) in [4.78, 5) is 24.3. The molecule has 0 spiro atoms. The number of hydrogen-bond acceptors (Lipinski definition) is 4. The Balaban J connectivity index is 2.03. The summed E-state index contributed by atoms with van der Waals surface area (Å²) in [6.45, 7) is 1.38. The molecule has 2 aromatic rings. The predicted octanol–water partition coefficient (Wildman–Crippen LogP) is 2.49. The van der Waals surface area contributed by atoms with E-state index >= 15 is 0 Å². The molecule has 0 N–H and O–H groups in total. The van der Waals surface area contributed by atoms with E-state index in [0.29, 0.717) is 11.1 Å². The molecule has 22 heavy (non-hydrogen) atoms. The molecule has 0 aliphatic carbocycles. The van der Waals surface area contributed by atoms with Crippen molar-refractivity contribution in [2.24, 2.45) is 5.10 Å². The Kier molecular flexibility index (Phi) is 3.70. The number of ether oxygens (including phenoxy) is 1. The normalized spacial score (nSPS) is 17.7. The molecule has 1 aliphatic heterocycles. The Morgan fingerprint density at radius 3 is 2.23 bits per heavy atom. The molecule has 5 heteroatoms. The molecule has 1 heterocycles. The third-order valence-electron chi connectivity index (χ3n) is 3.32. The molecule has 110 valence electrons. The van der Waals surface area contributed by atoms with Crippen LogP contribution in [0.15, 0.2) is 65.8 Å². The van der Waals surface area contributed by atoms with E-state index in [1.807, 2.05) is 24.3 Å². The van der Waals surface area contributed by atoms with Crippen molar-refractivity contribution in [3.8, 4) is 0 Å². The summed E-state index contributed by atoms with van der Waals surface area (Å²) < 4.78 is 5.34. The summed E-state index contributed by atoms with van der Waals surface area (Å²) in [5.41, 5.74) is 1.31. The van der Waals surface area contributed by atoms with E-state index in [1.54, 1.807) is 36.4 Å². The standard InChI is InChI=1S/C17H14N2O3/c1-12(20)19-15(13-8-4-2-5-9-13)17(21)22-16(18-19)14-10-6-3-7-11-14/h2-11,15H,1H3. The van der Waals surface area contributed by atoms with E-state index in [1.165, 1.54) is 11.9 Å². The summed E-state index contributed by atoms with van der Waals surface area (Å²) >= 11 is 0. The molecule has 0 radical (unpaired) electrons. The minimum atomic E-state index is -0.855. The van der Waals surface area contributed by atoms with Crippen molar-refractivity contribution in [1.82, 2.24) is 5.01 Å². The van der Waals surface area contributed by atoms with Gasteiger partial charge in [-0.1, -0.05) is 48.5 Å². The fraction of sp³-hybridized carbons (Fsp3) is 0.118. The maximum absolute atomic E-state index is 12.4. The fourth-order valence-corrected chi connectivity index (χ4v) is 2.29. The number of carbonyl (C=O) groups is 2. The number of amides is 1. The van der Waals surface area contributed by atoms with Gasteiger partial charge in [-0.25, -0.2) is 9.80 Å². The lowest BCUT2D eigenvalue weighted by atomic mass is 10.1. The van der Waals surface area contributed by atoms with Crippen LogP contribution in [-0.4, -0.2) is 22.8 Å². The van der Waals surface area contributed by atoms with Gasteiger partial charge in [0, 0.05) is 12.5 Å². The second-order valence-electron chi connectivity index (χ2n) is 4.87. The highest BCUT2D eigenvalue weighted by molar-refractivity contribution is 6.04. The molecular formula is C17H14N2O3. The molecule has 1 atom stereocenters. The Morgan fingerprint density at radius 1 is 1.05 bits per heavy atom. The fourth-order valence-electron chi connectivity index (χ4n) is 2.29. The van der Waals surface area contributed by atoms with Gasteiger partial charge in [0.15, 0.2) is 6.04 Å². The van der Waals surface area contributed by atoms with Crippen LogP contribution >= 0.6 is 0 Å². The highest BCUT2D eigenvalue weighted by Crippen LogP contribution is 2.27. The minimum absolute atomic E-state index is 0.132. The number of cyclic esters (lactones) is 1. The third-order valence-corrected chi connectivity index (χ3v) is 3.32. The minimum Gasteiger partial charge on any atom is -0.403 e. The van der Waals surface area contributed by atoms with E-state index in [-0.39, 0.29) is 11.8 Å². The van der Waals surface area contributed by atoms with Gasteiger partial charge in [-0.15, -0.1) is 5.10 Å². The lowest BCUT2D eigenvalue weighted by molar-refractivity contribution is -0.151. The van der Waals surface area contributed by atoms with E-state index < -0.39 is 12.0 Å². The Labute approximate surface area is 127 Å². The van der Waals surface area contributed by atoms with Crippen molar-refractivity contribution in [3.05, 3.63) is 71.8 Å². The van der Waals surface area contributed by atoms with Crippen LogP contribution in [0.4, 0.5) is 0 Å². The monoisotopic (exact) mass is 294 g/mol. The van der Waals surface area contributed by atoms with Crippen molar-refractivity contribution in [1.29, 1.82) is 0 Å². The van der Waals surface area contributed by atoms with Gasteiger partial charge in [0.05, 0.1) is 0 Å². The number of benzene rings is 2. The zero-order valence-electron chi connectivity index (χ0n) is 12.0. The molecule has 0 saturated carbocycles. The van der Waals surface area contributed by atoms with Crippen LogP contribution < -0.4 is 0 Å². The predicted molar refractivity (Wildman–Crippen MR) is 80.8 cm³/mol. The second-order valence-corrected chi connectivity index (χ2v) is 4.87. The summed E-state index contributed by atoms with van der Waals surface area (Å²) in [5, 5.41) is 5.39. The number of rotatable bonds is 2. The first-order chi connectivity index (χ1) is 10.7. The van der Waals surface area contributed by atoms with Gasteiger partial charge in [-0.3, -0.25) is 4.79 Å². The van der Waals surface area contributed by atoms with Gasteiger partial charge in [-0.05, 0) is 17.7 Å². The van der Waals surface area contributed by atoms with E-state index in [0.717, 1.165) is 0 Å². The van der Waals surface area contributed by atoms with Gasteiger partial charge in [0.1, 0.15) is 0 Å². The molecular weight excluding hydrogens is 280 g/mol. The summed E-state index contributed by atoms with van der Waals surface area (Å²) in [7, 11) is 0. The van der Waals surface area contributed by atoms with Gasteiger partial charge < -0.3 is 4.74 Å². The maximum Gasteiger partial charge on any atom is 0.342 e. The quantitative estimate of drug-likeness (QED) is 0.800. The van der Waals surface area contributed by atoms with E-state index in [9.17, 15) is 9.59 Å². The van der Waals surface area contributed by atoms with E-state index in [2.05, 4.69) is 5.10 Å². The molecule has 0 bridgehead atoms. The zero-order valence-corrected chi connectivity index (χ0v) is 12.0. The summed E-state index contributed by atoms with van der Waals surface area (Å²) in [6, 6.07) is 17.1. The third kappa shape index (κ3) is 2.61. The first-order valence-electron chi connectivity index (χ1n) is 6.87. The van der Waals surface area contributed by atoms with Crippen LogP contribution in [0.1, 0.15) is 24.1 Å². The smallest absolute Gasteiger partial charge is 0.342 e. The summed E-state index contributed by atoms with van der Waals surface area (Å²) in [6.07, 6.45) is 0. The van der Waals surface area contributed by atoms with Crippen molar-refractivity contribution in [3.63, 3.8) is 0 Å². The van der Waals surface area contributed by atoms with Crippen molar-refractivity contribution in [2.45, 2.75) is 13.0 Å². The van der Waals surface area contributed by atoms with Crippen LogP contribution in [0, 0.1) is 0 Å². The van der Waals surface area contributed by atoms with Crippen LogP contribution in [-0.2, 0) is 14.3 Å². The number of nitrogens with zero attached hydrogens (tertiary/aromatic N) is 2. The zero-order chi connectivity index (χ0) is 15.5. The van der Waals surface area contributed by atoms with Crippen molar-refractivity contribution < 1.29 is 14.3 Å². The highest BCUT2D eigenvalue weighted by atomic mass is 16.6. The van der Waals surface area contributed by atoms with Crippen molar-refractivity contribution in [2.75, 3.05) is 0 Å². The molecule has 0 aromatic heterocycles. The van der Waals surface area contributed by atoms with Gasteiger partial charge in [0.2, 0.25) is 11.8 Å². The number of esters is 1. The first kappa shape index (κ1) is 14.0. The van der Waals surface area contributed by atoms with Gasteiger partial charge >= 0.3 is 5.97 Å². The Morgan fingerprint density at radius 2 is 1.64 bits per heavy atom. The van der Waals surface area contributed by atoms with E-state index in [4.69, 9.17) is 4.74 Å². The van der Waals surface area contributed by atoms with Crippen LogP contribution in [0.25, 0.3) is 0 Å². The lowest BCUT2D eigenvalue weighted by Gasteiger charge is -2.29. The second kappa shape index (κ2) is 5.81. The summed E-state index contributed by atoms with van der Waals surface area (Å²) in [5.74, 6) is -0.706. The number of hydrazone groups is 1. The average molecular weight is 294 g/mol. The molecule has 5 nitrogen and oxygen atoms in total. The molecule has 1 amide bonds. The number of hydrogen-bond donors (Lipinski definition) is 0. The van der Waals surface area contributed by atoms with Crippen LogP contribution in [0.3, 0.4) is 0 Å². The Hall–Kier alpha value is -2.95. The Bertz CT molecular complexity index is 726. The van der Waals surface area contributed by atoms with Gasteiger partial charge in [0.25, 0.3) is 0 Å². The average Bonchev–Trinajstić information content (AvgIpc) is 2.55. The molecule has 3 rings (SSSR count). The molecule has 1 aliphatic rings. The molecule has 0 saturated heterocycles. The topological polar surface area (TPSA) is 59.0 Å². The maximum atomic E-state index is 12.4. The van der Waals surface area contributed by atoms with Crippen LogP contribution in [0.5, 0.6) is 0 Å². The number of carbonyl (C=O) groups excluding carboxylic acids is 2. The SMILES string of the molecule is CC(=O)N1N=C(c2ccccc2)OC(=O)C1c1ccccc1. The largest absolute Gasteiger partial charge is 0.403 e. The molecule has 0 fully saturated rings. The van der Waals surface area contributed by atoms with Gasteiger partial charge in [-0.2, -0.15) is 0 Å². The van der Waals surface area contributed by atoms with Crippen LogP contribution in [0.2, 0.25) is 0 Å². The first-order valence-corrected chi connectivity index (χ1v) is 6.87. The molecule has 1 unspecified atom stereocenters. The highest BCUT2D eigenvalue weighted by Gasteiger charge is 2.36.